The topological polar surface area (TPSA) is 40.6 Å². The van der Waals surface area contributed by atoms with Gasteiger partial charge in [-0.15, -0.1) is 0 Å². The van der Waals surface area contributed by atoms with Gasteiger partial charge in [0, 0.05) is 30.8 Å². The van der Waals surface area contributed by atoms with Gasteiger partial charge < -0.3 is 9.80 Å². The highest BCUT2D eigenvalue weighted by atomic mass is 16.2. The van der Waals surface area contributed by atoms with Crippen LogP contribution in [0.1, 0.15) is 40.0 Å². The van der Waals surface area contributed by atoms with Gasteiger partial charge in [-0.25, -0.2) is 0 Å². The van der Waals surface area contributed by atoms with Crippen molar-refractivity contribution in [1.82, 2.24) is 9.80 Å². The fourth-order valence-electron chi connectivity index (χ4n) is 4.31. The summed E-state index contributed by atoms with van der Waals surface area (Å²) in [5.74, 6) is 0.660. The molecule has 2 aromatic rings. The Morgan fingerprint density at radius 3 is 2.04 bits per heavy atom. The Kier molecular flexibility index (Phi) is 4.74. The average molecular weight is 348 g/mol. The van der Waals surface area contributed by atoms with Crippen molar-refractivity contribution in [2.45, 2.75) is 25.3 Å². The molecule has 2 amide bonds. The quantitative estimate of drug-likeness (QED) is 0.834. The second-order valence-corrected chi connectivity index (χ2v) is 7.24. The van der Waals surface area contributed by atoms with Gasteiger partial charge in [-0.05, 0) is 49.4 Å². The fourth-order valence-corrected chi connectivity index (χ4v) is 4.31. The fraction of sp³-hybridized carbons (Fsp3) is 0.364. The number of hydrogen-bond donors (Lipinski definition) is 0. The first kappa shape index (κ1) is 16.8. The van der Waals surface area contributed by atoms with E-state index in [-0.39, 0.29) is 17.9 Å². The highest BCUT2D eigenvalue weighted by Gasteiger charge is 2.39. The van der Waals surface area contributed by atoms with E-state index in [1.807, 2.05) is 70.5 Å². The molecule has 4 heteroatoms. The third kappa shape index (κ3) is 3.24. The van der Waals surface area contributed by atoms with Gasteiger partial charge in [-0.1, -0.05) is 36.4 Å². The molecule has 26 heavy (non-hydrogen) atoms. The molecule has 0 spiro atoms. The number of nitrogens with zero attached hydrogens (tertiary/aromatic N) is 2. The van der Waals surface area contributed by atoms with Crippen LogP contribution in [0.2, 0.25) is 0 Å². The number of carbonyl (C=O) groups is 2. The highest BCUT2D eigenvalue weighted by molar-refractivity contribution is 5.95. The molecular formula is C22H24N2O2. The van der Waals surface area contributed by atoms with Crippen molar-refractivity contribution in [2.75, 3.05) is 19.6 Å². The Bertz CT molecular complexity index is 775. The van der Waals surface area contributed by atoms with Crippen molar-refractivity contribution in [3.63, 3.8) is 0 Å². The molecule has 2 atom stereocenters. The second-order valence-electron chi connectivity index (χ2n) is 7.24. The van der Waals surface area contributed by atoms with Crippen LogP contribution in [0.15, 0.2) is 60.7 Å². The molecular weight excluding hydrogens is 324 g/mol. The maximum absolute atomic E-state index is 13.0. The molecule has 2 saturated heterocycles. The number of carbonyl (C=O) groups excluding carboxylic acids is 2. The lowest BCUT2D eigenvalue weighted by molar-refractivity contribution is 0.0176. The number of amides is 2. The van der Waals surface area contributed by atoms with Crippen LogP contribution in [0.4, 0.5) is 0 Å². The van der Waals surface area contributed by atoms with E-state index in [0.717, 1.165) is 43.5 Å². The number of likely N-dealkylation sites (tertiary alicyclic amines) is 2. The first-order chi connectivity index (χ1) is 12.7. The van der Waals surface area contributed by atoms with E-state index in [2.05, 4.69) is 0 Å². The summed E-state index contributed by atoms with van der Waals surface area (Å²) in [4.78, 5) is 29.8. The molecule has 0 bridgehead atoms. The number of fused-ring (bicyclic) bond motifs is 1. The number of hydrogen-bond acceptors (Lipinski definition) is 2. The highest BCUT2D eigenvalue weighted by Crippen LogP contribution is 2.32. The van der Waals surface area contributed by atoms with E-state index in [9.17, 15) is 9.59 Å². The van der Waals surface area contributed by atoms with Gasteiger partial charge in [-0.3, -0.25) is 9.59 Å². The lowest BCUT2D eigenvalue weighted by Crippen LogP contribution is -2.58. The van der Waals surface area contributed by atoms with Gasteiger partial charge in [-0.2, -0.15) is 0 Å². The van der Waals surface area contributed by atoms with Crippen LogP contribution in [0, 0.1) is 5.92 Å². The molecule has 2 heterocycles. The SMILES string of the molecule is O=C(c1ccccc1)N1CC[C@H]2CCCN(C(=O)c3ccccc3)[C@@H]2C1. The maximum atomic E-state index is 13.0. The van der Waals surface area contributed by atoms with Crippen molar-refractivity contribution in [3.8, 4) is 0 Å². The van der Waals surface area contributed by atoms with Crippen LogP contribution in [-0.2, 0) is 0 Å². The summed E-state index contributed by atoms with van der Waals surface area (Å²) < 4.78 is 0. The first-order valence-corrected chi connectivity index (χ1v) is 9.44. The molecule has 134 valence electrons. The largest absolute Gasteiger partial charge is 0.337 e. The van der Waals surface area contributed by atoms with Crippen molar-refractivity contribution < 1.29 is 9.59 Å². The Labute approximate surface area is 154 Å². The minimum atomic E-state index is 0.0710. The van der Waals surface area contributed by atoms with E-state index in [1.165, 1.54) is 0 Å². The smallest absolute Gasteiger partial charge is 0.254 e. The Hall–Kier alpha value is -2.62. The van der Waals surface area contributed by atoms with Crippen molar-refractivity contribution in [3.05, 3.63) is 71.8 Å². The molecule has 2 aliphatic rings. The predicted molar refractivity (Wildman–Crippen MR) is 101 cm³/mol. The zero-order valence-electron chi connectivity index (χ0n) is 14.9. The van der Waals surface area contributed by atoms with E-state index < -0.39 is 0 Å². The molecule has 0 N–H and O–H groups in total. The van der Waals surface area contributed by atoms with Gasteiger partial charge in [0.2, 0.25) is 0 Å². The molecule has 4 rings (SSSR count). The molecule has 2 fully saturated rings. The van der Waals surface area contributed by atoms with Crippen LogP contribution in [0.25, 0.3) is 0 Å². The Morgan fingerprint density at radius 1 is 0.769 bits per heavy atom. The monoisotopic (exact) mass is 348 g/mol. The summed E-state index contributed by atoms with van der Waals surface area (Å²) in [7, 11) is 0. The van der Waals surface area contributed by atoms with Crippen molar-refractivity contribution in [1.29, 1.82) is 0 Å². The van der Waals surface area contributed by atoms with E-state index in [1.54, 1.807) is 0 Å². The summed E-state index contributed by atoms with van der Waals surface area (Å²) in [5, 5.41) is 0. The summed E-state index contributed by atoms with van der Waals surface area (Å²) in [6.45, 7) is 2.20. The van der Waals surface area contributed by atoms with Gasteiger partial charge in [0.15, 0.2) is 0 Å². The van der Waals surface area contributed by atoms with E-state index in [4.69, 9.17) is 0 Å². The standard InChI is InChI=1S/C22H24N2O2/c25-21(18-8-3-1-4-9-18)23-15-13-17-12-7-14-24(20(17)16-23)22(26)19-10-5-2-6-11-19/h1-6,8-11,17,20H,7,12-16H2/t17-,20-/m1/s1. The summed E-state index contributed by atoms with van der Waals surface area (Å²) in [6, 6.07) is 19.0. The van der Waals surface area contributed by atoms with Crippen LogP contribution in [0.5, 0.6) is 0 Å². The summed E-state index contributed by atoms with van der Waals surface area (Å²) in [6.07, 6.45) is 3.17. The molecule has 2 aliphatic heterocycles. The molecule has 0 saturated carbocycles. The van der Waals surface area contributed by atoms with Crippen LogP contribution < -0.4 is 0 Å². The molecule has 0 aromatic heterocycles. The van der Waals surface area contributed by atoms with Crippen LogP contribution in [-0.4, -0.2) is 47.3 Å². The average Bonchev–Trinajstić information content (AvgIpc) is 2.73. The lowest BCUT2D eigenvalue weighted by atomic mass is 9.83. The zero-order valence-corrected chi connectivity index (χ0v) is 14.9. The molecule has 2 aromatic carbocycles. The van der Waals surface area contributed by atoms with Crippen molar-refractivity contribution >= 4 is 11.8 Å². The third-order valence-electron chi connectivity index (χ3n) is 5.69. The normalized spacial score (nSPS) is 22.6. The number of rotatable bonds is 2. The second kappa shape index (κ2) is 7.32. The van der Waals surface area contributed by atoms with E-state index >= 15 is 0 Å². The van der Waals surface area contributed by atoms with Crippen LogP contribution >= 0.6 is 0 Å². The van der Waals surface area contributed by atoms with E-state index in [0.29, 0.717) is 12.5 Å². The summed E-state index contributed by atoms with van der Waals surface area (Å²) in [5.41, 5.74) is 1.46. The molecule has 4 nitrogen and oxygen atoms in total. The Morgan fingerprint density at radius 2 is 1.38 bits per heavy atom. The van der Waals surface area contributed by atoms with Gasteiger partial charge >= 0.3 is 0 Å². The number of piperidine rings is 2. The Balaban J connectivity index is 1.54. The zero-order chi connectivity index (χ0) is 17.9. The van der Waals surface area contributed by atoms with Gasteiger partial charge in [0.1, 0.15) is 0 Å². The minimum Gasteiger partial charge on any atom is -0.337 e. The molecule has 0 aliphatic carbocycles. The maximum Gasteiger partial charge on any atom is 0.254 e. The van der Waals surface area contributed by atoms with Gasteiger partial charge in [0.25, 0.3) is 11.8 Å². The predicted octanol–water partition coefficient (Wildman–Crippen LogP) is 3.45. The van der Waals surface area contributed by atoms with Gasteiger partial charge in [0.05, 0.1) is 6.04 Å². The minimum absolute atomic E-state index is 0.0710. The molecule has 0 unspecified atom stereocenters. The molecule has 0 radical (unpaired) electrons. The third-order valence-corrected chi connectivity index (χ3v) is 5.69. The van der Waals surface area contributed by atoms with Crippen molar-refractivity contribution in [2.24, 2.45) is 5.92 Å². The lowest BCUT2D eigenvalue weighted by Gasteiger charge is -2.47. The number of benzene rings is 2. The van der Waals surface area contributed by atoms with Crippen LogP contribution in [0.3, 0.4) is 0 Å². The first-order valence-electron chi connectivity index (χ1n) is 9.44. The summed E-state index contributed by atoms with van der Waals surface area (Å²) >= 11 is 0.